The van der Waals surface area contributed by atoms with E-state index < -0.39 is 6.10 Å². The topological polar surface area (TPSA) is 74.4 Å². The Hall–Kier alpha value is -1.92. The van der Waals surface area contributed by atoms with Crippen molar-refractivity contribution in [3.05, 3.63) is 35.8 Å². The van der Waals surface area contributed by atoms with Gasteiger partial charge in [0.1, 0.15) is 5.82 Å². The second-order valence-electron chi connectivity index (χ2n) is 5.26. The van der Waals surface area contributed by atoms with Crippen molar-refractivity contribution < 1.29 is 19.0 Å². The van der Waals surface area contributed by atoms with Crippen LogP contribution >= 0.6 is 0 Å². The quantitative estimate of drug-likeness (QED) is 0.793. The summed E-state index contributed by atoms with van der Waals surface area (Å²) in [6.07, 6.45) is 1.61. The molecular formula is C15H17FN2O3. The van der Waals surface area contributed by atoms with Crippen LogP contribution in [0.3, 0.4) is 0 Å². The standard InChI is InChI=1S/C15H17FN2O3/c16-10-2-1-3-12-15(10)9(7-17-12)6-14(20)18-11-4-5-21-8-13(11)19/h1-3,7,11,13,17,19H,4-6,8H2,(H,18,20)/t11-,13-/m0/s1. The van der Waals surface area contributed by atoms with E-state index in [1.807, 2.05) is 0 Å². The molecule has 5 nitrogen and oxygen atoms in total. The second-order valence-corrected chi connectivity index (χ2v) is 5.26. The number of carbonyl (C=O) groups excluding carboxylic acids is 1. The zero-order valence-electron chi connectivity index (χ0n) is 11.4. The third kappa shape index (κ3) is 2.91. The van der Waals surface area contributed by atoms with E-state index in [4.69, 9.17) is 4.74 Å². The smallest absolute Gasteiger partial charge is 0.224 e. The number of aromatic amines is 1. The van der Waals surface area contributed by atoms with Crippen molar-refractivity contribution in [3.8, 4) is 0 Å². The third-order valence-electron chi connectivity index (χ3n) is 3.76. The molecule has 0 unspecified atom stereocenters. The van der Waals surface area contributed by atoms with E-state index in [0.29, 0.717) is 29.5 Å². The zero-order chi connectivity index (χ0) is 14.8. The predicted octanol–water partition coefficient (Wildman–Crippen LogP) is 1.12. The first-order valence-corrected chi connectivity index (χ1v) is 6.95. The van der Waals surface area contributed by atoms with E-state index in [-0.39, 0.29) is 30.8 Å². The Labute approximate surface area is 121 Å². The molecule has 1 fully saturated rings. The van der Waals surface area contributed by atoms with Crippen LogP contribution in [0.5, 0.6) is 0 Å². The summed E-state index contributed by atoms with van der Waals surface area (Å²) in [5, 5.41) is 13.0. The molecule has 1 aromatic heterocycles. The highest BCUT2D eigenvalue weighted by Gasteiger charge is 2.25. The molecule has 1 saturated heterocycles. The zero-order valence-corrected chi connectivity index (χ0v) is 11.4. The summed E-state index contributed by atoms with van der Waals surface area (Å²) < 4.78 is 19.0. The normalized spacial score (nSPS) is 22.4. The Morgan fingerprint density at radius 2 is 2.38 bits per heavy atom. The summed E-state index contributed by atoms with van der Waals surface area (Å²) >= 11 is 0. The predicted molar refractivity (Wildman–Crippen MR) is 75.3 cm³/mol. The van der Waals surface area contributed by atoms with Gasteiger partial charge in [0.05, 0.1) is 25.2 Å². The number of H-pyrrole nitrogens is 1. The van der Waals surface area contributed by atoms with Gasteiger partial charge in [-0.1, -0.05) is 6.07 Å². The number of hydrogen-bond donors (Lipinski definition) is 3. The van der Waals surface area contributed by atoms with Crippen LogP contribution in [-0.4, -0.2) is 41.4 Å². The summed E-state index contributed by atoms with van der Waals surface area (Å²) in [5.74, 6) is -0.576. The van der Waals surface area contributed by atoms with Crippen molar-refractivity contribution in [2.75, 3.05) is 13.2 Å². The first-order chi connectivity index (χ1) is 10.1. The minimum Gasteiger partial charge on any atom is -0.389 e. The number of hydrogen-bond acceptors (Lipinski definition) is 3. The van der Waals surface area contributed by atoms with Gasteiger partial charge in [-0.3, -0.25) is 4.79 Å². The van der Waals surface area contributed by atoms with Gasteiger partial charge in [-0.15, -0.1) is 0 Å². The summed E-state index contributed by atoms with van der Waals surface area (Å²) in [7, 11) is 0. The monoisotopic (exact) mass is 292 g/mol. The Morgan fingerprint density at radius 1 is 1.52 bits per heavy atom. The van der Waals surface area contributed by atoms with E-state index >= 15 is 0 Å². The van der Waals surface area contributed by atoms with Gasteiger partial charge in [0.2, 0.25) is 5.91 Å². The van der Waals surface area contributed by atoms with Gasteiger partial charge in [-0.25, -0.2) is 4.39 Å². The van der Waals surface area contributed by atoms with Crippen molar-refractivity contribution >= 4 is 16.8 Å². The van der Waals surface area contributed by atoms with Crippen molar-refractivity contribution in [2.45, 2.75) is 25.0 Å². The SMILES string of the molecule is O=C(Cc1c[nH]c2cccc(F)c12)N[C@H]1CCOC[C@@H]1O. The van der Waals surface area contributed by atoms with Crippen LogP contribution in [0.25, 0.3) is 10.9 Å². The number of rotatable bonds is 3. The van der Waals surface area contributed by atoms with Crippen LogP contribution in [0.4, 0.5) is 4.39 Å². The molecule has 0 saturated carbocycles. The number of benzene rings is 1. The maximum absolute atomic E-state index is 13.8. The number of carbonyl (C=O) groups is 1. The van der Waals surface area contributed by atoms with E-state index in [1.54, 1.807) is 18.3 Å². The van der Waals surface area contributed by atoms with Crippen LogP contribution in [0.15, 0.2) is 24.4 Å². The first-order valence-electron chi connectivity index (χ1n) is 6.95. The van der Waals surface area contributed by atoms with Crippen LogP contribution in [0.2, 0.25) is 0 Å². The number of aromatic nitrogens is 1. The van der Waals surface area contributed by atoms with Crippen LogP contribution in [-0.2, 0) is 16.0 Å². The Kier molecular flexibility index (Phi) is 3.90. The lowest BCUT2D eigenvalue weighted by molar-refractivity contribution is -0.123. The molecule has 0 radical (unpaired) electrons. The molecule has 0 bridgehead atoms. The lowest BCUT2D eigenvalue weighted by Gasteiger charge is -2.28. The number of nitrogens with one attached hydrogen (secondary N) is 2. The Balaban J connectivity index is 1.71. The molecule has 0 aliphatic carbocycles. The van der Waals surface area contributed by atoms with Crippen LogP contribution in [0.1, 0.15) is 12.0 Å². The van der Waals surface area contributed by atoms with Gasteiger partial charge in [0.25, 0.3) is 0 Å². The second kappa shape index (κ2) is 5.83. The third-order valence-corrected chi connectivity index (χ3v) is 3.76. The van der Waals surface area contributed by atoms with E-state index in [0.717, 1.165) is 0 Å². The van der Waals surface area contributed by atoms with E-state index in [2.05, 4.69) is 10.3 Å². The summed E-state index contributed by atoms with van der Waals surface area (Å²) in [4.78, 5) is 15.0. The highest BCUT2D eigenvalue weighted by atomic mass is 19.1. The molecule has 3 N–H and O–H groups in total. The number of amides is 1. The molecule has 1 aliphatic rings. The fourth-order valence-corrected chi connectivity index (χ4v) is 2.67. The van der Waals surface area contributed by atoms with Crippen molar-refractivity contribution in [1.29, 1.82) is 0 Å². The van der Waals surface area contributed by atoms with Gasteiger partial charge in [0, 0.05) is 23.7 Å². The first kappa shape index (κ1) is 14.0. The van der Waals surface area contributed by atoms with Crippen molar-refractivity contribution in [3.63, 3.8) is 0 Å². The number of halogens is 1. The van der Waals surface area contributed by atoms with Gasteiger partial charge in [-0.05, 0) is 24.1 Å². The average molecular weight is 292 g/mol. The number of ether oxygens (including phenoxy) is 1. The number of fused-ring (bicyclic) bond motifs is 1. The van der Waals surface area contributed by atoms with Gasteiger partial charge in [0.15, 0.2) is 0 Å². The lowest BCUT2D eigenvalue weighted by atomic mass is 10.0. The maximum atomic E-state index is 13.8. The minimum atomic E-state index is -0.692. The highest BCUT2D eigenvalue weighted by molar-refractivity contribution is 5.89. The molecule has 6 heteroatoms. The fraction of sp³-hybridized carbons (Fsp3) is 0.400. The van der Waals surface area contributed by atoms with Crippen LogP contribution in [0, 0.1) is 5.82 Å². The van der Waals surface area contributed by atoms with Crippen LogP contribution < -0.4 is 5.32 Å². The average Bonchev–Trinajstić information content (AvgIpc) is 2.86. The van der Waals surface area contributed by atoms with Gasteiger partial charge in [-0.2, -0.15) is 0 Å². The van der Waals surface area contributed by atoms with Crippen molar-refractivity contribution in [1.82, 2.24) is 10.3 Å². The Morgan fingerprint density at radius 3 is 3.19 bits per heavy atom. The molecule has 3 rings (SSSR count). The molecule has 112 valence electrons. The molecule has 1 amide bonds. The molecule has 0 spiro atoms. The molecular weight excluding hydrogens is 275 g/mol. The molecule has 1 aromatic carbocycles. The summed E-state index contributed by atoms with van der Waals surface area (Å²) in [5.41, 5.74) is 1.28. The lowest BCUT2D eigenvalue weighted by Crippen LogP contribution is -2.49. The maximum Gasteiger partial charge on any atom is 0.224 e. The van der Waals surface area contributed by atoms with E-state index in [9.17, 15) is 14.3 Å². The van der Waals surface area contributed by atoms with Gasteiger partial charge < -0.3 is 20.1 Å². The number of aliphatic hydroxyl groups excluding tert-OH is 1. The highest BCUT2D eigenvalue weighted by Crippen LogP contribution is 2.22. The molecule has 1 aliphatic heterocycles. The molecule has 2 heterocycles. The van der Waals surface area contributed by atoms with E-state index in [1.165, 1.54) is 6.07 Å². The van der Waals surface area contributed by atoms with Gasteiger partial charge >= 0.3 is 0 Å². The largest absolute Gasteiger partial charge is 0.389 e. The molecule has 2 aromatic rings. The fourth-order valence-electron chi connectivity index (χ4n) is 2.67. The van der Waals surface area contributed by atoms with Crippen molar-refractivity contribution in [2.24, 2.45) is 0 Å². The Bertz CT molecular complexity index is 655. The minimum absolute atomic E-state index is 0.0744. The molecule has 2 atom stereocenters. The summed E-state index contributed by atoms with van der Waals surface area (Å²) in [6.45, 7) is 0.746. The molecule has 21 heavy (non-hydrogen) atoms. The summed E-state index contributed by atoms with van der Waals surface area (Å²) in [6, 6.07) is 4.46. The number of aliphatic hydroxyl groups is 1.